The lowest BCUT2D eigenvalue weighted by Gasteiger charge is -2.32. The third-order valence-corrected chi connectivity index (χ3v) is 8.65. The Hall–Kier alpha value is -1.83. The van der Waals surface area contributed by atoms with Gasteiger partial charge >= 0.3 is 6.18 Å². The molecule has 0 N–H and O–H groups in total. The molecule has 13 heteroatoms. The van der Waals surface area contributed by atoms with Gasteiger partial charge in [-0.05, 0) is 49.3 Å². The molecule has 35 heavy (non-hydrogen) atoms. The third-order valence-electron chi connectivity index (χ3n) is 6.41. The van der Waals surface area contributed by atoms with Gasteiger partial charge in [-0.15, -0.1) is 11.3 Å². The van der Waals surface area contributed by atoms with Crippen LogP contribution in [0.3, 0.4) is 0 Å². The van der Waals surface area contributed by atoms with Gasteiger partial charge in [0.25, 0.3) is 0 Å². The smallest absolute Gasteiger partial charge is 0.443 e. The van der Waals surface area contributed by atoms with Gasteiger partial charge < -0.3 is 4.74 Å². The summed E-state index contributed by atoms with van der Waals surface area (Å²) in [7, 11) is -3.28. The molecule has 3 heterocycles. The summed E-state index contributed by atoms with van der Waals surface area (Å²) in [5, 5.41) is 0.518. The van der Waals surface area contributed by atoms with Crippen LogP contribution in [-0.2, 0) is 22.7 Å². The van der Waals surface area contributed by atoms with Crippen molar-refractivity contribution in [2.75, 3.05) is 32.4 Å². The first-order chi connectivity index (χ1) is 16.4. The van der Waals surface area contributed by atoms with E-state index in [-0.39, 0.29) is 12.5 Å². The Morgan fingerprint density at radius 1 is 1.06 bits per heavy atom. The van der Waals surface area contributed by atoms with E-state index >= 15 is 0 Å². The minimum Gasteiger partial charge on any atom is -0.484 e. The molecule has 6 nitrogen and oxygen atoms in total. The Labute approximate surface area is 204 Å². The monoisotopic (exact) mass is 539 g/mol. The van der Waals surface area contributed by atoms with E-state index in [1.54, 1.807) is 0 Å². The molecule has 0 saturated carbocycles. The van der Waals surface area contributed by atoms with E-state index in [0.29, 0.717) is 74.5 Å². The van der Waals surface area contributed by atoms with E-state index in [9.17, 15) is 30.4 Å². The van der Waals surface area contributed by atoms with Gasteiger partial charge in [0.05, 0.1) is 11.9 Å². The fourth-order valence-electron chi connectivity index (χ4n) is 4.54. The summed E-state index contributed by atoms with van der Waals surface area (Å²) in [4.78, 5) is 5.58. The molecule has 0 radical (unpaired) electrons. The Morgan fingerprint density at radius 2 is 1.66 bits per heavy atom. The molecule has 1 aromatic carbocycles. The number of benzene rings is 1. The summed E-state index contributed by atoms with van der Waals surface area (Å²) in [5.41, 5.74) is 0.827. The summed E-state index contributed by atoms with van der Waals surface area (Å²) < 4.78 is 98.0. The zero-order valence-corrected chi connectivity index (χ0v) is 20.7. The molecule has 2 fully saturated rings. The number of piperidine rings is 2. The Bertz CT molecular complexity index is 1120. The van der Waals surface area contributed by atoms with E-state index in [4.69, 9.17) is 4.74 Å². The topological polar surface area (TPSA) is 62.7 Å². The van der Waals surface area contributed by atoms with Crippen molar-refractivity contribution in [3.8, 4) is 5.75 Å². The Kier molecular flexibility index (Phi) is 7.70. The summed E-state index contributed by atoms with van der Waals surface area (Å²) in [6.45, 7) is 1.90. The van der Waals surface area contributed by atoms with Crippen molar-refractivity contribution in [1.29, 1.82) is 0 Å². The van der Waals surface area contributed by atoms with Crippen molar-refractivity contribution >= 4 is 21.4 Å². The van der Waals surface area contributed by atoms with Gasteiger partial charge in [-0.2, -0.15) is 13.2 Å². The summed E-state index contributed by atoms with van der Waals surface area (Å²) in [5.74, 6) is -2.17. The van der Waals surface area contributed by atoms with Crippen LogP contribution < -0.4 is 4.74 Å². The molecule has 2 aliphatic rings. The summed E-state index contributed by atoms with van der Waals surface area (Å²) in [6.07, 6.45) is -1.82. The third kappa shape index (κ3) is 6.49. The number of nitrogens with zero attached hydrogens (tertiary/aromatic N) is 3. The molecule has 2 saturated heterocycles. The van der Waals surface area contributed by atoms with Crippen LogP contribution in [0.5, 0.6) is 5.75 Å². The van der Waals surface area contributed by atoms with E-state index < -0.39 is 44.7 Å². The maximum Gasteiger partial charge on any atom is 0.443 e. The SMILES string of the molecule is CS(=O)(=O)N1CCC(c2cc(F)c(OC3CCN(Cc4csc(C(F)(F)F)n4)CC3)c(F)c2)CC1. The molecule has 4 rings (SSSR count). The van der Waals surface area contributed by atoms with E-state index in [1.165, 1.54) is 21.8 Å². The van der Waals surface area contributed by atoms with Gasteiger partial charge in [-0.1, -0.05) is 0 Å². The highest BCUT2D eigenvalue weighted by molar-refractivity contribution is 7.88. The molecule has 2 aromatic rings. The average molecular weight is 540 g/mol. The van der Waals surface area contributed by atoms with Crippen LogP contribution >= 0.6 is 11.3 Å². The normalized spacial score (nSPS) is 19.8. The van der Waals surface area contributed by atoms with E-state index in [0.717, 1.165) is 6.26 Å². The maximum atomic E-state index is 14.8. The van der Waals surface area contributed by atoms with Crippen LogP contribution in [0.2, 0.25) is 0 Å². The lowest BCUT2D eigenvalue weighted by Crippen LogP contribution is -2.38. The molecule has 0 bridgehead atoms. The number of likely N-dealkylation sites (tertiary alicyclic amines) is 1. The molecular formula is C22H26F5N3O3S2. The summed E-state index contributed by atoms with van der Waals surface area (Å²) >= 11 is 0.563. The fraction of sp³-hybridized carbons (Fsp3) is 0.591. The number of aromatic nitrogens is 1. The molecule has 2 aliphatic heterocycles. The fourth-order valence-corrected chi connectivity index (χ4v) is 6.09. The first-order valence-electron chi connectivity index (χ1n) is 11.2. The van der Waals surface area contributed by atoms with Gasteiger partial charge in [-0.25, -0.2) is 26.5 Å². The van der Waals surface area contributed by atoms with Crippen LogP contribution in [0.25, 0.3) is 0 Å². The Balaban J connectivity index is 1.31. The minimum atomic E-state index is -4.46. The molecule has 1 aromatic heterocycles. The second-order valence-electron chi connectivity index (χ2n) is 8.99. The summed E-state index contributed by atoms with van der Waals surface area (Å²) in [6, 6.07) is 2.52. The van der Waals surface area contributed by atoms with Crippen molar-refractivity contribution in [1.82, 2.24) is 14.2 Å². The number of rotatable bonds is 6. The average Bonchev–Trinajstić information content (AvgIpc) is 3.26. The van der Waals surface area contributed by atoms with Gasteiger partial charge in [0.2, 0.25) is 10.0 Å². The van der Waals surface area contributed by atoms with E-state index in [2.05, 4.69) is 4.98 Å². The van der Waals surface area contributed by atoms with Crippen LogP contribution in [0.1, 0.15) is 47.9 Å². The number of hydrogen-bond acceptors (Lipinski definition) is 6. The first-order valence-corrected chi connectivity index (χ1v) is 14.0. The molecule has 0 aliphatic carbocycles. The zero-order valence-electron chi connectivity index (χ0n) is 19.0. The van der Waals surface area contributed by atoms with Gasteiger partial charge in [0.1, 0.15) is 6.10 Å². The number of ether oxygens (including phenoxy) is 1. The predicted molar refractivity (Wildman–Crippen MR) is 121 cm³/mol. The molecule has 194 valence electrons. The van der Waals surface area contributed by atoms with Gasteiger partial charge in [0.15, 0.2) is 22.4 Å². The molecule has 0 amide bonds. The minimum absolute atomic E-state index is 0.141. The van der Waals surface area contributed by atoms with Gasteiger partial charge in [0, 0.05) is 38.1 Å². The van der Waals surface area contributed by atoms with Crippen molar-refractivity contribution in [2.45, 2.75) is 50.4 Å². The highest BCUT2D eigenvalue weighted by Crippen LogP contribution is 2.35. The van der Waals surface area contributed by atoms with E-state index in [1.807, 2.05) is 4.90 Å². The lowest BCUT2D eigenvalue weighted by atomic mass is 9.90. The second kappa shape index (κ2) is 10.3. The number of alkyl halides is 3. The standard InChI is InChI=1S/C22H26F5N3O3S2/c1-35(31,32)30-8-2-14(3-9-30)15-10-18(23)20(19(24)11-15)33-17-4-6-29(7-5-17)12-16-13-34-21(28-16)22(25,26)27/h10-11,13-14,17H,2-9,12H2,1H3. The van der Waals surface area contributed by atoms with Crippen molar-refractivity contribution in [3.05, 3.63) is 45.4 Å². The maximum absolute atomic E-state index is 14.8. The predicted octanol–water partition coefficient (Wildman–Crippen LogP) is 4.62. The quantitative estimate of drug-likeness (QED) is 0.502. The van der Waals surface area contributed by atoms with Crippen LogP contribution in [-0.4, -0.2) is 61.1 Å². The second-order valence-corrected chi connectivity index (χ2v) is 11.8. The Morgan fingerprint density at radius 3 is 2.17 bits per heavy atom. The molecular weight excluding hydrogens is 513 g/mol. The number of thiazole rings is 1. The highest BCUT2D eigenvalue weighted by Gasteiger charge is 2.35. The van der Waals surface area contributed by atoms with Crippen molar-refractivity contribution in [2.24, 2.45) is 0 Å². The zero-order chi connectivity index (χ0) is 25.4. The van der Waals surface area contributed by atoms with Crippen LogP contribution in [0.4, 0.5) is 22.0 Å². The number of halogens is 5. The highest BCUT2D eigenvalue weighted by atomic mass is 32.2. The largest absolute Gasteiger partial charge is 0.484 e. The molecule has 0 spiro atoms. The lowest BCUT2D eigenvalue weighted by molar-refractivity contribution is -0.137. The van der Waals surface area contributed by atoms with Crippen molar-refractivity contribution < 1.29 is 35.1 Å². The van der Waals surface area contributed by atoms with Crippen LogP contribution in [0.15, 0.2) is 17.5 Å². The van der Waals surface area contributed by atoms with Gasteiger partial charge in [-0.3, -0.25) is 4.90 Å². The molecule has 0 unspecified atom stereocenters. The first kappa shape index (κ1) is 26.2. The number of sulfonamides is 1. The van der Waals surface area contributed by atoms with Crippen LogP contribution in [0, 0.1) is 11.6 Å². The van der Waals surface area contributed by atoms with Crippen molar-refractivity contribution in [3.63, 3.8) is 0 Å². The number of hydrogen-bond donors (Lipinski definition) is 0. The molecule has 0 atom stereocenters.